The Hall–Kier alpha value is -2.03. The summed E-state index contributed by atoms with van der Waals surface area (Å²) < 4.78 is 2.03. The summed E-state index contributed by atoms with van der Waals surface area (Å²) in [6.45, 7) is 0. The van der Waals surface area contributed by atoms with Crippen LogP contribution < -0.4 is 0 Å². The van der Waals surface area contributed by atoms with Crippen molar-refractivity contribution in [2.45, 2.75) is 0 Å². The smallest absolute Gasteiger partial charge is 0.144 e. The molecule has 4 heteroatoms. The zero-order valence-corrected chi connectivity index (χ0v) is 12.4. The highest BCUT2D eigenvalue weighted by atomic mass is 35.5. The second-order valence-corrected chi connectivity index (χ2v) is 5.69. The maximum absolute atomic E-state index is 6.16. The molecule has 0 unspecified atom stereocenters. The van der Waals surface area contributed by atoms with Gasteiger partial charge in [-0.1, -0.05) is 53.5 Å². The van der Waals surface area contributed by atoms with E-state index in [0.29, 0.717) is 10.0 Å². The molecule has 0 aliphatic rings. The number of nitrogens with zero attached hydrogens (tertiary/aromatic N) is 2. The minimum Gasteiger partial charge on any atom is -0.306 e. The first-order valence-corrected chi connectivity index (χ1v) is 7.29. The lowest BCUT2D eigenvalue weighted by molar-refractivity contribution is 1.20. The van der Waals surface area contributed by atoms with Gasteiger partial charge in [0.25, 0.3) is 0 Å². The third-order valence-corrected chi connectivity index (χ3v) is 4.36. The Morgan fingerprint density at radius 1 is 0.905 bits per heavy atom. The number of imidazole rings is 1. The summed E-state index contributed by atoms with van der Waals surface area (Å²) in [5.74, 6) is 0. The molecule has 4 rings (SSSR count). The zero-order valence-electron chi connectivity index (χ0n) is 10.9. The minimum absolute atomic E-state index is 0.559. The van der Waals surface area contributed by atoms with E-state index >= 15 is 0 Å². The van der Waals surface area contributed by atoms with Crippen LogP contribution in [0.5, 0.6) is 0 Å². The van der Waals surface area contributed by atoms with Gasteiger partial charge >= 0.3 is 0 Å². The summed E-state index contributed by atoms with van der Waals surface area (Å²) in [4.78, 5) is 4.43. The van der Waals surface area contributed by atoms with Crippen LogP contribution in [0.2, 0.25) is 10.0 Å². The molecule has 102 valence electrons. The molecule has 0 bridgehead atoms. The molecular formula is C17H10Cl2N2. The van der Waals surface area contributed by atoms with Crippen LogP contribution in [0, 0.1) is 0 Å². The molecule has 21 heavy (non-hydrogen) atoms. The third kappa shape index (κ3) is 1.99. The lowest BCUT2D eigenvalue weighted by atomic mass is 10.0. The standard InChI is InChI=1S/C17H10Cl2N2/c18-15-6-5-11(9-16(15)19)14-10-21-8-7-20-17(21)13-4-2-1-3-12(13)14/h1-10H. The molecule has 0 N–H and O–H groups in total. The summed E-state index contributed by atoms with van der Waals surface area (Å²) in [6, 6.07) is 13.9. The van der Waals surface area contributed by atoms with E-state index in [2.05, 4.69) is 23.3 Å². The summed E-state index contributed by atoms with van der Waals surface area (Å²) >= 11 is 12.2. The predicted molar refractivity (Wildman–Crippen MR) is 88.2 cm³/mol. The number of hydrogen-bond acceptors (Lipinski definition) is 1. The highest BCUT2D eigenvalue weighted by molar-refractivity contribution is 6.42. The molecule has 0 saturated heterocycles. The van der Waals surface area contributed by atoms with Crippen LogP contribution in [0.15, 0.2) is 61.1 Å². The lowest BCUT2D eigenvalue weighted by Gasteiger charge is -2.10. The second-order valence-electron chi connectivity index (χ2n) is 4.88. The number of hydrogen-bond donors (Lipinski definition) is 0. The van der Waals surface area contributed by atoms with Gasteiger partial charge in [-0.05, 0) is 23.1 Å². The van der Waals surface area contributed by atoms with Crippen LogP contribution in [0.1, 0.15) is 0 Å². The van der Waals surface area contributed by atoms with Crippen LogP contribution >= 0.6 is 23.2 Å². The van der Waals surface area contributed by atoms with Crippen molar-refractivity contribution in [3.8, 4) is 11.1 Å². The van der Waals surface area contributed by atoms with Crippen molar-refractivity contribution in [2.24, 2.45) is 0 Å². The van der Waals surface area contributed by atoms with Crippen molar-refractivity contribution in [1.82, 2.24) is 9.38 Å². The van der Waals surface area contributed by atoms with Crippen LogP contribution in [0.4, 0.5) is 0 Å². The normalized spacial score (nSPS) is 11.3. The molecule has 0 aliphatic carbocycles. The number of benzene rings is 2. The van der Waals surface area contributed by atoms with Gasteiger partial charge in [-0.3, -0.25) is 0 Å². The average Bonchev–Trinajstić information content (AvgIpc) is 2.98. The van der Waals surface area contributed by atoms with Gasteiger partial charge in [0.1, 0.15) is 5.65 Å². The SMILES string of the molecule is Clc1ccc(-c2cn3ccnc3c3ccccc23)cc1Cl. The zero-order chi connectivity index (χ0) is 14.4. The van der Waals surface area contributed by atoms with Crippen LogP contribution in [0.25, 0.3) is 27.5 Å². The predicted octanol–water partition coefficient (Wildman–Crippen LogP) is 5.46. The number of aromatic nitrogens is 2. The van der Waals surface area contributed by atoms with E-state index in [1.54, 1.807) is 6.20 Å². The molecule has 4 aromatic rings. The van der Waals surface area contributed by atoms with Crippen molar-refractivity contribution in [3.63, 3.8) is 0 Å². The molecule has 0 fully saturated rings. The first-order chi connectivity index (χ1) is 10.2. The van der Waals surface area contributed by atoms with Gasteiger partial charge in [-0.2, -0.15) is 0 Å². The molecule has 0 radical (unpaired) electrons. The van der Waals surface area contributed by atoms with Gasteiger partial charge in [0, 0.05) is 29.5 Å². The molecule has 0 aliphatic heterocycles. The van der Waals surface area contributed by atoms with Gasteiger partial charge in [-0.15, -0.1) is 0 Å². The summed E-state index contributed by atoms with van der Waals surface area (Å²) in [5, 5.41) is 3.39. The first-order valence-electron chi connectivity index (χ1n) is 6.54. The minimum atomic E-state index is 0.559. The molecule has 0 atom stereocenters. The molecule has 0 saturated carbocycles. The average molecular weight is 313 g/mol. The van der Waals surface area contributed by atoms with Crippen LogP contribution in [0.3, 0.4) is 0 Å². The third-order valence-electron chi connectivity index (χ3n) is 3.63. The number of pyridine rings is 1. The van der Waals surface area contributed by atoms with Crippen molar-refractivity contribution in [3.05, 3.63) is 71.1 Å². The molecule has 0 amide bonds. The fourth-order valence-corrected chi connectivity index (χ4v) is 2.94. The Morgan fingerprint density at radius 2 is 1.71 bits per heavy atom. The van der Waals surface area contributed by atoms with E-state index < -0.39 is 0 Å². The Morgan fingerprint density at radius 3 is 2.52 bits per heavy atom. The molecule has 2 heterocycles. The van der Waals surface area contributed by atoms with E-state index in [1.165, 1.54) is 0 Å². The number of halogens is 2. The highest BCUT2D eigenvalue weighted by Gasteiger charge is 2.10. The Balaban J connectivity index is 2.12. The van der Waals surface area contributed by atoms with Crippen LogP contribution in [-0.2, 0) is 0 Å². The van der Waals surface area contributed by atoms with Crippen molar-refractivity contribution in [1.29, 1.82) is 0 Å². The van der Waals surface area contributed by atoms with Crippen molar-refractivity contribution in [2.75, 3.05) is 0 Å². The monoisotopic (exact) mass is 312 g/mol. The van der Waals surface area contributed by atoms with E-state index in [9.17, 15) is 0 Å². The fourth-order valence-electron chi connectivity index (χ4n) is 2.64. The summed E-state index contributed by atoms with van der Waals surface area (Å²) in [7, 11) is 0. The Labute approximate surface area is 131 Å². The largest absolute Gasteiger partial charge is 0.306 e. The van der Waals surface area contributed by atoms with Gasteiger partial charge < -0.3 is 4.40 Å². The fraction of sp³-hybridized carbons (Fsp3) is 0. The Bertz CT molecular complexity index is 973. The van der Waals surface area contributed by atoms with Gasteiger partial charge in [0.2, 0.25) is 0 Å². The highest BCUT2D eigenvalue weighted by Crippen LogP contribution is 2.34. The van der Waals surface area contributed by atoms with Crippen molar-refractivity contribution < 1.29 is 0 Å². The maximum atomic E-state index is 6.16. The molecule has 0 spiro atoms. The van der Waals surface area contributed by atoms with E-state index in [0.717, 1.165) is 27.5 Å². The number of rotatable bonds is 1. The first kappa shape index (κ1) is 12.7. The molecule has 2 aromatic heterocycles. The van der Waals surface area contributed by atoms with Crippen molar-refractivity contribution >= 4 is 39.6 Å². The van der Waals surface area contributed by atoms with Gasteiger partial charge in [-0.25, -0.2) is 4.98 Å². The lowest BCUT2D eigenvalue weighted by Crippen LogP contribution is -1.90. The Kier molecular flexibility index (Phi) is 2.88. The second kappa shape index (κ2) is 4.76. The van der Waals surface area contributed by atoms with Gasteiger partial charge in [0.15, 0.2) is 0 Å². The molecular weight excluding hydrogens is 303 g/mol. The number of fused-ring (bicyclic) bond motifs is 3. The van der Waals surface area contributed by atoms with E-state index in [4.69, 9.17) is 23.2 Å². The van der Waals surface area contributed by atoms with Crippen LogP contribution in [-0.4, -0.2) is 9.38 Å². The van der Waals surface area contributed by atoms with E-state index in [-0.39, 0.29) is 0 Å². The summed E-state index contributed by atoms with van der Waals surface area (Å²) in [5.41, 5.74) is 3.10. The quantitative estimate of drug-likeness (QED) is 0.456. The molecule has 2 aromatic carbocycles. The summed E-state index contributed by atoms with van der Waals surface area (Å²) in [6.07, 6.45) is 5.83. The molecule has 2 nitrogen and oxygen atoms in total. The van der Waals surface area contributed by atoms with Gasteiger partial charge in [0.05, 0.1) is 10.0 Å². The van der Waals surface area contributed by atoms with E-state index in [1.807, 2.05) is 40.9 Å². The topological polar surface area (TPSA) is 17.3 Å². The maximum Gasteiger partial charge on any atom is 0.144 e.